The van der Waals surface area contributed by atoms with Crippen molar-refractivity contribution in [2.45, 2.75) is 19.8 Å². The highest BCUT2D eigenvalue weighted by atomic mass is 32.1. The molecule has 0 aliphatic carbocycles. The number of hydrogen-bond donors (Lipinski definition) is 1. The molecule has 0 saturated carbocycles. The van der Waals surface area contributed by atoms with Crippen LogP contribution >= 0.6 is 11.3 Å². The van der Waals surface area contributed by atoms with Crippen molar-refractivity contribution in [2.24, 2.45) is 5.73 Å². The van der Waals surface area contributed by atoms with Gasteiger partial charge in [-0.25, -0.2) is 4.79 Å². The van der Waals surface area contributed by atoms with Crippen molar-refractivity contribution in [3.8, 4) is 29.1 Å². The lowest BCUT2D eigenvalue weighted by molar-refractivity contribution is 0.0522. The molecule has 9 heteroatoms. The number of ether oxygens (including phenoxy) is 5. The summed E-state index contributed by atoms with van der Waals surface area (Å²) in [5.74, 6) is 0.387. The first kappa shape index (κ1) is 21.3. The molecule has 0 fully saturated rings. The summed E-state index contributed by atoms with van der Waals surface area (Å²) >= 11 is 1.34. The third-order valence-corrected chi connectivity index (χ3v) is 5.89. The molecule has 3 rings (SSSR count). The van der Waals surface area contributed by atoms with E-state index in [0.717, 1.165) is 0 Å². The number of carbonyl (C=O) groups excluding carboxylic acids is 1. The lowest BCUT2D eigenvalue weighted by atomic mass is 9.87. The predicted molar refractivity (Wildman–Crippen MR) is 110 cm³/mol. The molecule has 1 aromatic heterocycles. The average molecular weight is 430 g/mol. The predicted octanol–water partition coefficient (Wildman–Crippen LogP) is 3.48. The first-order valence-corrected chi connectivity index (χ1v) is 9.91. The molecule has 0 spiro atoms. The summed E-state index contributed by atoms with van der Waals surface area (Å²) in [6, 6.07) is 5.64. The van der Waals surface area contributed by atoms with Crippen LogP contribution in [0.25, 0.3) is 0 Å². The minimum Gasteiger partial charge on any atom is -0.493 e. The molecular weight excluding hydrogens is 408 g/mol. The fourth-order valence-corrected chi connectivity index (χ4v) is 4.69. The van der Waals surface area contributed by atoms with E-state index in [0.29, 0.717) is 43.9 Å². The lowest BCUT2D eigenvalue weighted by Gasteiger charge is -2.26. The Kier molecular flexibility index (Phi) is 6.08. The van der Waals surface area contributed by atoms with E-state index in [1.807, 2.05) is 0 Å². The Morgan fingerprint density at radius 1 is 1.23 bits per heavy atom. The summed E-state index contributed by atoms with van der Waals surface area (Å²) < 4.78 is 27.4. The van der Waals surface area contributed by atoms with Crippen LogP contribution in [-0.4, -0.2) is 33.9 Å². The Bertz CT molecular complexity index is 1070. The van der Waals surface area contributed by atoms with Gasteiger partial charge in [-0.1, -0.05) is 6.07 Å². The van der Waals surface area contributed by atoms with Gasteiger partial charge in [0.25, 0.3) is 0 Å². The van der Waals surface area contributed by atoms with Crippen molar-refractivity contribution in [2.75, 3.05) is 27.9 Å². The molecule has 1 unspecified atom stereocenters. The van der Waals surface area contributed by atoms with Crippen LogP contribution in [-0.2, 0) is 4.74 Å². The molecular formula is C21H22N2O6S. The van der Waals surface area contributed by atoms with Gasteiger partial charge in [0.2, 0.25) is 11.6 Å². The minimum atomic E-state index is -0.611. The highest BCUT2D eigenvalue weighted by Gasteiger charge is 2.39. The van der Waals surface area contributed by atoms with Crippen LogP contribution in [0.3, 0.4) is 0 Å². The van der Waals surface area contributed by atoms with E-state index in [2.05, 4.69) is 6.07 Å². The normalized spacial score (nSPS) is 15.0. The summed E-state index contributed by atoms with van der Waals surface area (Å²) in [6.07, 6.45) is 0. The molecule has 8 nitrogen and oxygen atoms in total. The molecule has 30 heavy (non-hydrogen) atoms. The monoisotopic (exact) mass is 430 g/mol. The van der Waals surface area contributed by atoms with Crippen molar-refractivity contribution in [1.29, 1.82) is 5.26 Å². The van der Waals surface area contributed by atoms with Gasteiger partial charge in [0, 0.05) is 10.4 Å². The van der Waals surface area contributed by atoms with E-state index >= 15 is 0 Å². The molecule has 0 bridgehead atoms. The molecule has 158 valence electrons. The molecule has 0 amide bonds. The summed E-state index contributed by atoms with van der Waals surface area (Å²) in [5.41, 5.74) is 7.25. The van der Waals surface area contributed by atoms with Gasteiger partial charge in [-0.05, 0) is 19.9 Å². The molecule has 1 aliphatic rings. The maximum atomic E-state index is 12.5. The Morgan fingerprint density at radius 3 is 2.50 bits per heavy atom. The molecule has 1 aromatic carbocycles. The number of carbonyl (C=O) groups is 1. The largest absolute Gasteiger partial charge is 0.493 e. The van der Waals surface area contributed by atoms with Gasteiger partial charge in [-0.15, -0.1) is 11.3 Å². The number of methoxy groups -OCH3 is 3. The van der Waals surface area contributed by atoms with Crippen LogP contribution in [0.5, 0.6) is 23.0 Å². The van der Waals surface area contributed by atoms with Gasteiger partial charge in [0.05, 0.1) is 38.7 Å². The van der Waals surface area contributed by atoms with Gasteiger partial charge in [0.15, 0.2) is 17.2 Å². The number of benzene rings is 1. The molecule has 2 N–H and O–H groups in total. The zero-order valence-electron chi connectivity index (χ0n) is 17.3. The van der Waals surface area contributed by atoms with Crippen LogP contribution in [0.4, 0.5) is 0 Å². The molecule has 0 radical (unpaired) electrons. The standard InChI is InChI=1S/C21H22N2O6S/c1-6-28-21(24)14-10(2)30-19-15(12(9-22)20(23)29-18(14)19)11-7-8-13(25-3)17(27-5)16(11)26-4/h7-8,15H,6,23H2,1-5H3. The van der Waals surface area contributed by atoms with Crippen LogP contribution in [0.1, 0.15) is 38.5 Å². The Morgan fingerprint density at radius 2 is 1.93 bits per heavy atom. The Hall–Kier alpha value is -3.38. The van der Waals surface area contributed by atoms with Gasteiger partial charge < -0.3 is 29.4 Å². The van der Waals surface area contributed by atoms with E-state index in [4.69, 9.17) is 29.4 Å². The van der Waals surface area contributed by atoms with Gasteiger partial charge >= 0.3 is 5.97 Å². The minimum absolute atomic E-state index is 0.0739. The third-order valence-electron chi connectivity index (χ3n) is 4.74. The molecule has 1 aliphatic heterocycles. The van der Waals surface area contributed by atoms with Crippen molar-refractivity contribution in [3.63, 3.8) is 0 Å². The van der Waals surface area contributed by atoms with E-state index in [1.54, 1.807) is 26.0 Å². The SMILES string of the molecule is CCOC(=O)c1c(C)sc2c1OC(N)=C(C#N)C2c1ccc(OC)c(OC)c1OC. The topological polar surface area (TPSA) is 113 Å². The number of nitrogens with two attached hydrogens (primary N) is 1. The zero-order chi connectivity index (χ0) is 22.0. The van der Waals surface area contributed by atoms with Crippen molar-refractivity contribution < 1.29 is 28.5 Å². The number of thiophene rings is 1. The lowest BCUT2D eigenvalue weighted by Crippen LogP contribution is -2.21. The van der Waals surface area contributed by atoms with Crippen LogP contribution in [0, 0.1) is 18.3 Å². The fraction of sp³-hybridized carbons (Fsp3) is 0.333. The number of nitrogens with zero attached hydrogens (tertiary/aromatic N) is 1. The first-order valence-electron chi connectivity index (χ1n) is 9.10. The molecule has 1 atom stereocenters. The van der Waals surface area contributed by atoms with Gasteiger partial charge in [-0.2, -0.15) is 5.26 Å². The summed E-state index contributed by atoms with van der Waals surface area (Å²) in [4.78, 5) is 13.9. The van der Waals surface area contributed by atoms with Crippen LogP contribution in [0.15, 0.2) is 23.6 Å². The van der Waals surface area contributed by atoms with Crippen molar-refractivity contribution >= 4 is 17.3 Å². The van der Waals surface area contributed by atoms with Crippen molar-refractivity contribution in [3.05, 3.63) is 44.5 Å². The number of esters is 1. The highest BCUT2D eigenvalue weighted by Crippen LogP contribution is 2.53. The van der Waals surface area contributed by atoms with Crippen LogP contribution in [0.2, 0.25) is 0 Å². The number of aryl methyl sites for hydroxylation is 1. The zero-order valence-corrected chi connectivity index (χ0v) is 18.1. The van der Waals surface area contributed by atoms with E-state index < -0.39 is 11.9 Å². The Labute approximate surface area is 178 Å². The number of nitriles is 1. The van der Waals surface area contributed by atoms with Gasteiger partial charge in [0.1, 0.15) is 17.2 Å². The van der Waals surface area contributed by atoms with Crippen LogP contribution < -0.4 is 24.7 Å². The van der Waals surface area contributed by atoms with E-state index in [9.17, 15) is 10.1 Å². The maximum absolute atomic E-state index is 12.5. The number of allylic oxidation sites excluding steroid dienone is 1. The molecule has 0 saturated heterocycles. The average Bonchev–Trinajstić information content (AvgIpc) is 3.06. The van der Waals surface area contributed by atoms with E-state index in [1.165, 1.54) is 32.7 Å². The third kappa shape index (κ3) is 3.29. The van der Waals surface area contributed by atoms with Gasteiger partial charge in [-0.3, -0.25) is 0 Å². The fourth-order valence-electron chi connectivity index (χ4n) is 3.48. The molecule has 2 aromatic rings. The Balaban J connectivity index is 2.30. The summed E-state index contributed by atoms with van der Waals surface area (Å²) in [7, 11) is 4.53. The number of rotatable bonds is 6. The number of hydrogen-bond acceptors (Lipinski definition) is 9. The molecule has 2 heterocycles. The maximum Gasteiger partial charge on any atom is 0.343 e. The number of fused-ring (bicyclic) bond motifs is 1. The second kappa shape index (κ2) is 8.55. The first-order chi connectivity index (χ1) is 14.4. The van der Waals surface area contributed by atoms with Crippen molar-refractivity contribution in [1.82, 2.24) is 0 Å². The second-order valence-corrected chi connectivity index (χ2v) is 7.55. The summed E-state index contributed by atoms with van der Waals surface area (Å²) in [6.45, 7) is 3.75. The van der Waals surface area contributed by atoms with E-state index in [-0.39, 0.29) is 18.1 Å². The quantitative estimate of drug-likeness (QED) is 0.693. The smallest absolute Gasteiger partial charge is 0.343 e. The highest BCUT2D eigenvalue weighted by molar-refractivity contribution is 7.12. The summed E-state index contributed by atoms with van der Waals surface area (Å²) in [5, 5.41) is 9.83. The second-order valence-electron chi connectivity index (χ2n) is 6.30.